The van der Waals surface area contributed by atoms with Gasteiger partial charge in [-0.2, -0.15) is 13.2 Å². The zero-order valence-corrected chi connectivity index (χ0v) is 18.7. The molecule has 1 aromatic carbocycles. The molecule has 1 fully saturated rings. The van der Waals surface area contributed by atoms with Gasteiger partial charge in [0, 0.05) is 43.5 Å². The van der Waals surface area contributed by atoms with E-state index in [1.807, 2.05) is 4.90 Å². The topological polar surface area (TPSA) is 80.5 Å². The summed E-state index contributed by atoms with van der Waals surface area (Å²) >= 11 is 12.4. The standard InChI is InChI=1S/C21H17Cl2F3N4O3/c1-11(31)28-19-13(22)10-27-20(18(19)23)16-9-14(29-33-16)17-12(21(24,25)26)3-2-4-15(17)30-5-7-32-8-6-30/h2-4,9-10H,5-8H2,1H3,(H,27,28,31). The molecule has 1 aliphatic heterocycles. The molecule has 4 rings (SSSR count). The molecule has 0 bridgehead atoms. The molecule has 0 unspecified atom stereocenters. The van der Waals surface area contributed by atoms with Crippen molar-refractivity contribution in [3.8, 4) is 22.7 Å². The number of amides is 1. The highest BCUT2D eigenvalue weighted by Crippen LogP contribution is 2.44. The van der Waals surface area contributed by atoms with Crippen LogP contribution in [0, 0.1) is 0 Å². The Morgan fingerprint density at radius 3 is 2.61 bits per heavy atom. The van der Waals surface area contributed by atoms with Crippen LogP contribution in [0.1, 0.15) is 12.5 Å². The van der Waals surface area contributed by atoms with Crippen molar-refractivity contribution >= 4 is 40.5 Å². The van der Waals surface area contributed by atoms with Gasteiger partial charge in [-0.15, -0.1) is 0 Å². The molecule has 1 saturated heterocycles. The lowest BCUT2D eigenvalue weighted by atomic mass is 10.00. The van der Waals surface area contributed by atoms with Gasteiger partial charge in [-0.25, -0.2) is 4.98 Å². The van der Waals surface area contributed by atoms with Crippen molar-refractivity contribution in [2.24, 2.45) is 0 Å². The second-order valence-electron chi connectivity index (χ2n) is 7.20. The molecule has 12 heteroatoms. The first kappa shape index (κ1) is 23.3. The van der Waals surface area contributed by atoms with Gasteiger partial charge in [-0.05, 0) is 12.1 Å². The molecule has 2 aromatic heterocycles. The third kappa shape index (κ3) is 4.78. The molecule has 3 heterocycles. The van der Waals surface area contributed by atoms with Gasteiger partial charge in [0.2, 0.25) is 5.91 Å². The van der Waals surface area contributed by atoms with Gasteiger partial charge in [0.25, 0.3) is 0 Å². The van der Waals surface area contributed by atoms with E-state index in [1.165, 1.54) is 25.3 Å². The minimum atomic E-state index is -4.62. The van der Waals surface area contributed by atoms with Crippen LogP contribution in [0.4, 0.5) is 24.5 Å². The van der Waals surface area contributed by atoms with E-state index in [-0.39, 0.29) is 38.4 Å². The summed E-state index contributed by atoms with van der Waals surface area (Å²) in [5.74, 6) is -0.397. The third-order valence-electron chi connectivity index (χ3n) is 4.97. The van der Waals surface area contributed by atoms with Crippen LogP contribution in [-0.4, -0.2) is 42.4 Å². The summed E-state index contributed by atoms with van der Waals surface area (Å²) in [5.41, 5.74) is -0.454. The van der Waals surface area contributed by atoms with E-state index in [1.54, 1.807) is 6.07 Å². The molecule has 0 spiro atoms. The Hall–Kier alpha value is -2.82. The molecule has 0 aliphatic carbocycles. The van der Waals surface area contributed by atoms with E-state index >= 15 is 0 Å². The number of alkyl halides is 3. The first-order valence-corrected chi connectivity index (χ1v) is 10.5. The van der Waals surface area contributed by atoms with Crippen molar-refractivity contribution in [2.75, 3.05) is 36.5 Å². The summed E-state index contributed by atoms with van der Waals surface area (Å²) in [4.78, 5) is 17.4. The largest absolute Gasteiger partial charge is 0.417 e. The van der Waals surface area contributed by atoms with Crippen molar-refractivity contribution in [1.29, 1.82) is 0 Å². The number of nitrogens with one attached hydrogen (secondary N) is 1. The second kappa shape index (κ2) is 9.20. The number of halogens is 5. The molecule has 1 aliphatic rings. The van der Waals surface area contributed by atoms with E-state index in [4.69, 9.17) is 32.5 Å². The average molecular weight is 501 g/mol. The van der Waals surface area contributed by atoms with E-state index < -0.39 is 17.6 Å². The van der Waals surface area contributed by atoms with E-state index in [9.17, 15) is 18.0 Å². The third-order valence-corrected chi connectivity index (χ3v) is 5.63. The van der Waals surface area contributed by atoms with Crippen LogP contribution < -0.4 is 10.2 Å². The van der Waals surface area contributed by atoms with E-state index in [0.29, 0.717) is 32.0 Å². The lowest BCUT2D eigenvalue weighted by Crippen LogP contribution is -2.36. The van der Waals surface area contributed by atoms with Crippen LogP contribution in [0.2, 0.25) is 10.0 Å². The monoisotopic (exact) mass is 500 g/mol. The maximum absolute atomic E-state index is 13.9. The average Bonchev–Trinajstić information content (AvgIpc) is 3.25. The van der Waals surface area contributed by atoms with Gasteiger partial charge in [-0.3, -0.25) is 4.79 Å². The molecule has 1 N–H and O–H groups in total. The summed E-state index contributed by atoms with van der Waals surface area (Å²) in [6.07, 6.45) is -3.37. The molecule has 1 amide bonds. The van der Waals surface area contributed by atoms with Crippen molar-refractivity contribution < 1.29 is 27.2 Å². The first-order chi connectivity index (χ1) is 15.7. The molecule has 3 aromatic rings. The highest BCUT2D eigenvalue weighted by molar-refractivity contribution is 6.41. The Morgan fingerprint density at radius 1 is 1.21 bits per heavy atom. The van der Waals surface area contributed by atoms with E-state index in [0.717, 1.165) is 6.07 Å². The number of rotatable bonds is 4. The minimum absolute atomic E-state index is 0.0168. The lowest BCUT2D eigenvalue weighted by Gasteiger charge is -2.31. The van der Waals surface area contributed by atoms with Crippen LogP contribution in [0.5, 0.6) is 0 Å². The Kier molecular flexibility index (Phi) is 6.51. The van der Waals surface area contributed by atoms with Crippen molar-refractivity contribution in [3.63, 3.8) is 0 Å². The Labute approximate surface area is 196 Å². The summed E-state index contributed by atoms with van der Waals surface area (Å²) in [6.45, 7) is 2.94. The Morgan fingerprint density at radius 2 is 1.94 bits per heavy atom. The number of morpholine rings is 1. The van der Waals surface area contributed by atoms with Gasteiger partial charge in [-0.1, -0.05) is 34.4 Å². The zero-order valence-electron chi connectivity index (χ0n) is 17.2. The van der Waals surface area contributed by atoms with Crippen LogP contribution in [-0.2, 0) is 15.7 Å². The fraction of sp³-hybridized carbons (Fsp3) is 0.286. The number of aromatic nitrogens is 2. The van der Waals surface area contributed by atoms with Gasteiger partial charge in [0.15, 0.2) is 5.76 Å². The second-order valence-corrected chi connectivity index (χ2v) is 7.98. The molecule has 174 valence electrons. The Bertz CT molecular complexity index is 1190. The maximum Gasteiger partial charge on any atom is 0.417 e. The number of anilines is 2. The molecule has 0 saturated carbocycles. The zero-order chi connectivity index (χ0) is 23.8. The number of hydrogen-bond donors (Lipinski definition) is 1. The van der Waals surface area contributed by atoms with E-state index in [2.05, 4.69) is 15.5 Å². The van der Waals surface area contributed by atoms with Crippen LogP contribution in [0.25, 0.3) is 22.7 Å². The molecule has 7 nitrogen and oxygen atoms in total. The maximum atomic E-state index is 13.9. The predicted octanol–water partition coefficient (Wildman–Crippen LogP) is 5.52. The van der Waals surface area contributed by atoms with Gasteiger partial charge in [0.05, 0.1) is 34.5 Å². The number of pyridine rings is 1. The molecule has 33 heavy (non-hydrogen) atoms. The predicted molar refractivity (Wildman–Crippen MR) is 118 cm³/mol. The molecule has 0 radical (unpaired) electrons. The summed E-state index contributed by atoms with van der Waals surface area (Å²) in [5, 5.41) is 6.46. The van der Waals surface area contributed by atoms with Crippen LogP contribution in [0.15, 0.2) is 35.0 Å². The fourth-order valence-corrected chi connectivity index (χ4v) is 4.08. The van der Waals surface area contributed by atoms with Crippen LogP contribution >= 0.6 is 23.2 Å². The number of carbonyl (C=O) groups excluding carboxylic acids is 1. The SMILES string of the molecule is CC(=O)Nc1c(Cl)cnc(-c2cc(-c3c(N4CCOCC4)cccc3C(F)(F)F)no2)c1Cl. The Balaban J connectivity index is 1.83. The molecular formula is C21H17Cl2F3N4O3. The number of benzene rings is 1. The highest BCUT2D eigenvalue weighted by atomic mass is 35.5. The quantitative estimate of drug-likeness (QED) is 0.507. The molecular weight excluding hydrogens is 484 g/mol. The molecule has 0 atom stereocenters. The first-order valence-electron chi connectivity index (χ1n) is 9.78. The minimum Gasteiger partial charge on any atom is -0.378 e. The number of nitrogens with zero attached hydrogens (tertiary/aromatic N) is 3. The smallest absolute Gasteiger partial charge is 0.378 e. The summed E-state index contributed by atoms with van der Waals surface area (Å²) in [7, 11) is 0. The highest BCUT2D eigenvalue weighted by Gasteiger charge is 2.37. The van der Waals surface area contributed by atoms with Crippen molar-refractivity contribution in [2.45, 2.75) is 13.1 Å². The normalized spacial score (nSPS) is 14.4. The van der Waals surface area contributed by atoms with Gasteiger partial charge in [0.1, 0.15) is 11.4 Å². The van der Waals surface area contributed by atoms with Crippen LogP contribution in [0.3, 0.4) is 0 Å². The van der Waals surface area contributed by atoms with Gasteiger partial charge >= 0.3 is 6.18 Å². The van der Waals surface area contributed by atoms with Crippen molar-refractivity contribution in [3.05, 3.63) is 46.1 Å². The fourth-order valence-electron chi connectivity index (χ4n) is 3.55. The van der Waals surface area contributed by atoms with Gasteiger partial charge < -0.3 is 19.5 Å². The number of ether oxygens (including phenoxy) is 1. The number of hydrogen-bond acceptors (Lipinski definition) is 6. The number of carbonyl (C=O) groups is 1. The lowest BCUT2D eigenvalue weighted by molar-refractivity contribution is -0.137. The summed E-state index contributed by atoms with van der Waals surface area (Å²) in [6, 6.07) is 5.28. The summed E-state index contributed by atoms with van der Waals surface area (Å²) < 4.78 is 52.4. The van der Waals surface area contributed by atoms with Crippen molar-refractivity contribution in [1.82, 2.24) is 10.1 Å².